The fraction of sp³-hybridized carbons (Fsp3) is 0.150. The van der Waals surface area contributed by atoms with Gasteiger partial charge in [0.25, 0.3) is 11.8 Å². The Kier molecular flexibility index (Phi) is 4.12. The SMILES string of the molecule is Cc1onc(-c2ccccc2)c1C(=O)N1C[C@@H](C(N)=O)Oc2ccccc21. The highest BCUT2D eigenvalue weighted by Gasteiger charge is 2.35. The quantitative estimate of drug-likeness (QED) is 0.771. The summed E-state index contributed by atoms with van der Waals surface area (Å²) in [5.74, 6) is -0.128. The number of amides is 2. The van der Waals surface area contributed by atoms with Crippen LogP contribution in [-0.2, 0) is 4.79 Å². The van der Waals surface area contributed by atoms with Crippen LogP contribution in [0.3, 0.4) is 0 Å². The van der Waals surface area contributed by atoms with Crippen molar-refractivity contribution in [3.8, 4) is 17.0 Å². The molecule has 0 saturated heterocycles. The van der Waals surface area contributed by atoms with Crippen LogP contribution in [0.1, 0.15) is 16.1 Å². The van der Waals surface area contributed by atoms with E-state index in [4.69, 9.17) is 15.0 Å². The van der Waals surface area contributed by atoms with Crippen LogP contribution in [0, 0.1) is 6.92 Å². The van der Waals surface area contributed by atoms with Crippen molar-refractivity contribution in [2.24, 2.45) is 5.73 Å². The highest BCUT2D eigenvalue weighted by Crippen LogP contribution is 2.36. The molecule has 0 aliphatic carbocycles. The minimum absolute atomic E-state index is 0.0179. The molecule has 4 rings (SSSR count). The molecule has 0 radical (unpaired) electrons. The van der Waals surface area contributed by atoms with Crippen LogP contribution in [0.4, 0.5) is 5.69 Å². The summed E-state index contributed by atoms with van der Waals surface area (Å²) in [6.45, 7) is 1.70. The first-order valence-corrected chi connectivity index (χ1v) is 8.45. The molecule has 0 fully saturated rings. The second-order valence-electron chi connectivity index (χ2n) is 6.22. The smallest absolute Gasteiger partial charge is 0.264 e. The Balaban J connectivity index is 1.80. The predicted molar refractivity (Wildman–Crippen MR) is 98.4 cm³/mol. The number of aryl methyl sites for hydroxylation is 1. The number of fused-ring (bicyclic) bond motifs is 1. The normalized spacial score (nSPS) is 15.7. The number of hydrogen-bond donors (Lipinski definition) is 1. The van der Waals surface area contributed by atoms with Crippen LogP contribution in [0.25, 0.3) is 11.3 Å². The summed E-state index contributed by atoms with van der Waals surface area (Å²) < 4.78 is 10.9. The van der Waals surface area contributed by atoms with Gasteiger partial charge in [-0.3, -0.25) is 9.59 Å². The van der Waals surface area contributed by atoms with E-state index in [0.717, 1.165) is 5.56 Å². The molecule has 1 aliphatic rings. The van der Waals surface area contributed by atoms with Gasteiger partial charge in [0.05, 0.1) is 12.2 Å². The maximum absolute atomic E-state index is 13.4. The lowest BCUT2D eigenvalue weighted by molar-refractivity contribution is -0.124. The molecule has 2 amide bonds. The van der Waals surface area contributed by atoms with Crippen molar-refractivity contribution >= 4 is 17.5 Å². The third-order valence-electron chi connectivity index (χ3n) is 4.46. The number of primary amides is 1. The lowest BCUT2D eigenvalue weighted by Crippen LogP contribution is -2.49. The van der Waals surface area contributed by atoms with Gasteiger partial charge in [-0.2, -0.15) is 0 Å². The Morgan fingerprint density at radius 1 is 1.11 bits per heavy atom. The van der Waals surface area contributed by atoms with Crippen LogP contribution in [0.2, 0.25) is 0 Å². The largest absolute Gasteiger partial charge is 0.477 e. The summed E-state index contributed by atoms with van der Waals surface area (Å²) in [7, 11) is 0. The van der Waals surface area contributed by atoms with Gasteiger partial charge in [0.15, 0.2) is 6.10 Å². The Labute approximate surface area is 155 Å². The maximum atomic E-state index is 13.4. The van der Waals surface area contributed by atoms with E-state index in [9.17, 15) is 9.59 Å². The summed E-state index contributed by atoms with van der Waals surface area (Å²) in [4.78, 5) is 26.6. The van der Waals surface area contributed by atoms with Crippen molar-refractivity contribution < 1.29 is 18.8 Å². The Hall–Kier alpha value is -3.61. The fourth-order valence-electron chi connectivity index (χ4n) is 3.13. The summed E-state index contributed by atoms with van der Waals surface area (Å²) >= 11 is 0. The molecular weight excluding hydrogens is 346 g/mol. The molecule has 7 heteroatoms. The Bertz CT molecular complexity index is 1010. The number of anilines is 1. The van der Waals surface area contributed by atoms with Gasteiger partial charge in [-0.05, 0) is 19.1 Å². The van der Waals surface area contributed by atoms with Gasteiger partial charge in [0.2, 0.25) is 0 Å². The summed E-state index contributed by atoms with van der Waals surface area (Å²) in [6, 6.07) is 16.3. The zero-order chi connectivity index (χ0) is 19.0. The monoisotopic (exact) mass is 363 g/mol. The predicted octanol–water partition coefficient (Wildman–Crippen LogP) is 2.54. The average Bonchev–Trinajstić information content (AvgIpc) is 3.08. The number of benzene rings is 2. The van der Waals surface area contributed by atoms with Crippen LogP contribution >= 0.6 is 0 Å². The molecule has 1 aromatic heterocycles. The molecule has 27 heavy (non-hydrogen) atoms. The lowest BCUT2D eigenvalue weighted by Gasteiger charge is -2.33. The Morgan fingerprint density at radius 2 is 1.81 bits per heavy atom. The van der Waals surface area contributed by atoms with Gasteiger partial charge in [0.1, 0.15) is 22.8 Å². The number of hydrogen-bond acceptors (Lipinski definition) is 5. The van der Waals surface area contributed by atoms with Crippen molar-refractivity contribution in [1.82, 2.24) is 5.16 Å². The zero-order valence-corrected chi connectivity index (χ0v) is 14.6. The number of ether oxygens (including phenoxy) is 1. The number of aromatic nitrogens is 1. The molecule has 3 aromatic rings. The molecular formula is C20H17N3O4. The van der Waals surface area contributed by atoms with Gasteiger partial charge in [-0.25, -0.2) is 0 Å². The molecule has 136 valence electrons. The second-order valence-corrected chi connectivity index (χ2v) is 6.22. The van der Waals surface area contributed by atoms with Gasteiger partial charge >= 0.3 is 0 Å². The molecule has 2 N–H and O–H groups in total. The third-order valence-corrected chi connectivity index (χ3v) is 4.46. The van der Waals surface area contributed by atoms with Crippen LogP contribution in [0.5, 0.6) is 5.75 Å². The number of para-hydroxylation sites is 2. The molecule has 0 unspecified atom stereocenters. The van der Waals surface area contributed by atoms with Gasteiger partial charge in [0, 0.05) is 5.56 Å². The van der Waals surface area contributed by atoms with Crippen LogP contribution < -0.4 is 15.4 Å². The third kappa shape index (κ3) is 2.93. The molecule has 2 heterocycles. The van der Waals surface area contributed by atoms with Crippen LogP contribution in [0.15, 0.2) is 59.1 Å². The molecule has 7 nitrogen and oxygen atoms in total. The van der Waals surface area contributed by atoms with Gasteiger partial charge in [-0.15, -0.1) is 0 Å². The van der Waals surface area contributed by atoms with E-state index in [2.05, 4.69) is 5.16 Å². The van der Waals surface area contributed by atoms with Gasteiger partial charge < -0.3 is 19.9 Å². The minimum atomic E-state index is -0.927. The standard InChI is InChI=1S/C20H17N3O4/c1-12-17(18(22-27-12)13-7-3-2-4-8-13)20(25)23-11-16(19(21)24)26-15-10-6-5-9-14(15)23/h2-10,16H,11H2,1H3,(H2,21,24)/t16-/m0/s1. The average molecular weight is 363 g/mol. The highest BCUT2D eigenvalue weighted by molar-refractivity contribution is 6.11. The number of carbonyl (C=O) groups is 2. The minimum Gasteiger partial charge on any atom is -0.477 e. The van der Waals surface area contributed by atoms with E-state index >= 15 is 0 Å². The van der Waals surface area contributed by atoms with Crippen molar-refractivity contribution in [2.75, 3.05) is 11.4 Å². The van der Waals surface area contributed by atoms with E-state index < -0.39 is 12.0 Å². The fourth-order valence-corrected chi connectivity index (χ4v) is 3.13. The first-order chi connectivity index (χ1) is 13.1. The molecule has 1 aliphatic heterocycles. The zero-order valence-electron chi connectivity index (χ0n) is 14.6. The molecule has 2 aromatic carbocycles. The summed E-state index contributed by atoms with van der Waals surface area (Å²) in [6.07, 6.45) is -0.927. The van der Waals surface area contributed by atoms with Crippen molar-refractivity contribution in [3.63, 3.8) is 0 Å². The summed E-state index contributed by atoms with van der Waals surface area (Å²) in [5, 5.41) is 4.07. The van der Waals surface area contributed by atoms with Gasteiger partial charge in [-0.1, -0.05) is 47.6 Å². The number of nitrogens with zero attached hydrogens (tertiary/aromatic N) is 2. The topological polar surface area (TPSA) is 98.7 Å². The number of rotatable bonds is 3. The van der Waals surface area contributed by atoms with E-state index in [-0.39, 0.29) is 12.5 Å². The molecule has 1 atom stereocenters. The van der Waals surface area contributed by atoms with Crippen LogP contribution in [-0.4, -0.2) is 29.6 Å². The maximum Gasteiger partial charge on any atom is 0.264 e. The van der Waals surface area contributed by atoms with Crippen molar-refractivity contribution in [3.05, 3.63) is 65.9 Å². The number of carbonyl (C=O) groups excluding carboxylic acids is 2. The first kappa shape index (κ1) is 16.8. The lowest BCUT2D eigenvalue weighted by atomic mass is 10.0. The molecule has 0 bridgehead atoms. The highest BCUT2D eigenvalue weighted by atomic mass is 16.5. The van der Waals surface area contributed by atoms with E-state index in [1.807, 2.05) is 30.3 Å². The van der Waals surface area contributed by atoms with E-state index in [1.165, 1.54) is 4.90 Å². The van der Waals surface area contributed by atoms with E-state index in [1.54, 1.807) is 31.2 Å². The molecule has 0 saturated carbocycles. The number of nitrogens with two attached hydrogens (primary N) is 1. The van der Waals surface area contributed by atoms with Crippen molar-refractivity contribution in [2.45, 2.75) is 13.0 Å². The second kappa shape index (κ2) is 6.60. The first-order valence-electron chi connectivity index (χ1n) is 8.45. The van der Waals surface area contributed by atoms with E-state index in [0.29, 0.717) is 28.5 Å². The Morgan fingerprint density at radius 3 is 2.56 bits per heavy atom. The molecule has 0 spiro atoms. The summed E-state index contributed by atoms with van der Waals surface area (Å²) in [5.41, 5.74) is 7.57. The van der Waals surface area contributed by atoms with Crippen molar-refractivity contribution in [1.29, 1.82) is 0 Å².